The van der Waals surface area contributed by atoms with Crippen LogP contribution in [0.3, 0.4) is 0 Å². The zero-order valence-corrected chi connectivity index (χ0v) is 22.4. The van der Waals surface area contributed by atoms with Crippen LogP contribution in [0.2, 0.25) is 0 Å². The monoisotopic (exact) mass is 517 g/mol. The van der Waals surface area contributed by atoms with Gasteiger partial charge < -0.3 is 14.4 Å². The average Bonchev–Trinajstić information content (AvgIpc) is 3.61. The second-order valence-corrected chi connectivity index (χ2v) is 11.8. The molecule has 3 aliphatic heterocycles. The molecule has 4 fully saturated rings. The van der Waals surface area contributed by atoms with Crippen molar-refractivity contribution in [2.75, 3.05) is 44.8 Å². The number of pyridine rings is 1. The Kier molecular flexibility index (Phi) is 5.91. The van der Waals surface area contributed by atoms with Crippen molar-refractivity contribution >= 4 is 16.7 Å². The van der Waals surface area contributed by atoms with Crippen molar-refractivity contribution in [2.45, 2.75) is 57.4 Å². The smallest absolute Gasteiger partial charge is 0.319 e. The zero-order valence-electron chi connectivity index (χ0n) is 22.4. The molecule has 4 aliphatic rings. The summed E-state index contributed by atoms with van der Waals surface area (Å²) in [5.41, 5.74) is 2.13. The van der Waals surface area contributed by atoms with Gasteiger partial charge in [0.05, 0.1) is 18.0 Å². The quantitative estimate of drug-likeness (QED) is 0.434. The van der Waals surface area contributed by atoms with E-state index in [1.165, 1.54) is 32.1 Å². The molecule has 2 atom stereocenters. The lowest BCUT2D eigenvalue weighted by Crippen LogP contribution is -2.43. The van der Waals surface area contributed by atoms with Crippen molar-refractivity contribution in [3.8, 4) is 23.0 Å². The number of fused-ring (bicyclic) bond motifs is 4. The molecule has 0 radical (unpaired) electrons. The summed E-state index contributed by atoms with van der Waals surface area (Å²) in [6.45, 7) is 6.64. The molecule has 3 saturated heterocycles. The number of hydrogen-bond acceptors (Lipinski definition) is 7. The van der Waals surface area contributed by atoms with E-state index in [-0.39, 0.29) is 22.8 Å². The van der Waals surface area contributed by atoms with Gasteiger partial charge in [-0.25, -0.2) is 4.39 Å². The van der Waals surface area contributed by atoms with Crippen molar-refractivity contribution in [2.24, 2.45) is 11.8 Å². The summed E-state index contributed by atoms with van der Waals surface area (Å²) in [5.74, 6) is 2.25. The van der Waals surface area contributed by atoms with Gasteiger partial charge in [0, 0.05) is 24.8 Å². The Morgan fingerprint density at radius 3 is 2.58 bits per heavy atom. The molecule has 1 aromatic carbocycles. The van der Waals surface area contributed by atoms with Gasteiger partial charge in [-0.15, -0.1) is 0 Å². The molecule has 1 aliphatic carbocycles. The number of benzene rings is 1. The fourth-order valence-electron chi connectivity index (χ4n) is 7.67. The first-order valence-electron chi connectivity index (χ1n) is 14.2. The van der Waals surface area contributed by atoms with Gasteiger partial charge >= 0.3 is 6.01 Å². The van der Waals surface area contributed by atoms with Crippen LogP contribution >= 0.6 is 0 Å². The van der Waals surface area contributed by atoms with E-state index >= 15 is 4.39 Å². The van der Waals surface area contributed by atoms with E-state index in [2.05, 4.69) is 19.8 Å². The highest BCUT2D eigenvalue weighted by Gasteiger charge is 2.45. The first-order chi connectivity index (χ1) is 18.5. The molecule has 2 unspecified atom stereocenters. The third kappa shape index (κ3) is 3.91. The third-order valence-electron chi connectivity index (χ3n) is 9.50. The summed E-state index contributed by atoms with van der Waals surface area (Å²) in [6, 6.07) is 5.97. The lowest BCUT2D eigenvalue weighted by atomic mass is 9.95. The molecule has 200 valence electrons. The van der Waals surface area contributed by atoms with Crippen LogP contribution in [0.5, 0.6) is 11.8 Å². The average molecular weight is 518 g/mol. The predicted molar refractivity (Wildman–Crippen MR) is 145 cm³/mol. The lowest BCUT2D eigenvalue weighted by Gasteiger charge is -2.34. The molecule has 5 heterocycles. The van der Waals surface area contributed by atoms with Gasteiger partial charge in [0.1, 0.15) is 29.4 Å². The Morgan fingerprint density at radius 1 is 1.08 bits per heavy atom. The van der Waals surface area contributed by atoms with Crippen LogP contribution < -0.4 is 14.4 Å². The molecule has 1 saturated carbocycles. The minimum absolute atomic E-state index is 0.0690. The van der Waals surface area contributed by atoms with Gasteiger partial charge in [-0.2, -0.15) is 9.97 Å². The summed E-state index contributed by atoms with van der Waals surface area (Å²) in [5, 5.41) is 0.646. The van der Waals surface area contributed by atoms with E-state index in [0.717, 1.165) is 50.4 Å². The summed E-state index contributed by atoms with van der Waals surface area (Å²) < 4.78 is 28.4. The summed E-state index contributed by atoms with van der Waals surface area (Å²) >= 11 is 0. The van der Waals surface area contributed by atoms with Crippen LogP contribution in [0, 0.1) is 24.6 Å². The Balaban J connectivity index is 1.32. The van der Waals surface area contributed by atoms with E-state index in [9.17, 15) is 0 Å². The molecule has 2 aromatic heterocycles. The first-order valence-corrected chi connectivity index (χ1v) is 14.2. The molecule has 2 bridgehead atoms. The van der Waals surface area contributed by atoms with Gasteiger partial charge in [0.25, 0.3) is 0 Å². The van der Waals surface area contributed by atoms with Gasteiger partial charge in [-0.3, -0.25) is 9.88 Å². The molecule has 0 spiro atoms. The van der Waals surface area contributed by atoms with E-state index < -0.39 is 5.82 Å². The number of aryl methyl sites for hydroxylation is 1. The second-order valence-electron chi connectivity index (χ2n) is 11.8. The Bertz CT molecular complexity index is 1360. The molecule has 7 rings (SSSR count). The SMILES string of the molecule is COc1c(C)cccc1-c1ncc2c(N3CC4CCC(C4)C3)nc(OCC34CCCN3CCC4)nc2c1F. The van der Waals surface area contributed by atoms with Gasteiger partial charge in [0.15, 0.2) is 5.82 Å². The maximum absolute atomic E-state index is 16.4. The third-order valence-corrected chi connectivity index (χ3v) is 9.50. The second kappa shape index (κ2) is 9.33. The van der Waals surface area contributed by atoms with Crippen LogP contribution in [0.25, 0.3) is 22.2 Å². The number of aromatic nitrogens is 3. The van der Waals surface area contributed by atoms with Crippen molar-refractivity contribution < 1.29 is 13.9 Å². The number of piperidine rings is 1. The van der Waals surface area contributed by atoms with Crippen LogP contribution in [0.1, 0.15) is 50.5 Å². The zero-order chi connectivity index (χ0) is 25.9. The minimum Gasteiger partial charge on any atom is -0.496 e. The fourth-order valence-corrected chi connectivity index (χ4v) is 7.67. The highest BCUT2D eigenvalue weighted by atomic mass is 19.1. The maximum atomic E-state index is 16.4. The number of halogens is 1. The van der Waals surface area contributed by atoms with E-state index in [0.29, 0.717) is 35.1 Å². The molecule has 7 nitrogen and oxygen atoms in total. The molecular weight excluding hydrogens is 481 g/mol. The normalized spacial score (nSPS) is 24.2. The van der Waals surface area contributed by atoms with Gasteiger partial charge in [-0.05, 0) is 88.4 Å². The molecule has 0 N–H and O–H groups in total. The number of methoxy groups -OCH3 is 1. The van der Waals surface area contributed by atoms with Crippen LogP contribution in [0.4, 0.5) is 10.2 Å². The highest BCUT2D eigenvalue weighted by Crippen LogP contribution is 2.42. The Morgan fingerprint density at radius 2 is 1.84 bits per heavy atom. The number of nitrogens with zero attached hydrogens (tertiary/aromatic N) is 5. The summed E-state index contributed by atoms with van der Waals surface area (Å²) in [7, 11) is 1.61. The number of rotatable bonds is 6. The van der Waals surface area contributed by atoms with Gasteiger partial charge in [0.2, 0.25) is 0 Å². The first kappa shape index (κ1) is 24.1. The van der Waals surface area contributed by atoms with E-state index in [1.54, 1.807) is 13.3 Å². The van der Waals surface area contributed by atoms with Crippen molar-refractivity contribution in [1.82, 2.24) is 19.9 Å². The predicted octanol–water partition coefficient (Wildman–Crippen LogP) is 5.39. The molecular formula is C30H36FN5O2. The number of hydrogen-bond donors (Lipinski definition) is 0. The van der Waals surface area contributed by atoms with Crippen molar-refractivity contribution in [3.05, 3.63) is 35.8 Å². The van der Waals surface area contributed by atoms with E-state index in [1.807, 2.05) is 25.1 Å². The van der Waals surface area contributed by atoms with Crippen molar-refractivity contribution in [1.29, 1.82) is 0 Å². The largest absolute Gasteiger partial charge is 0.496 e. The minimum atomic E-state index is -0.457. The number of anilines is 1. The van der Waals surface area contributed by atoms with Crippen LogP contribution in [-0.2, 0) is 0 Å². The highest BCUT2D eigenvalue weighted by molar-refractivity contribution is 5.92. The number of para-hydroxylation sites is 1. The molecule has 3 aromatic rings. The van der Waals surface area contributed by atoms with E-state index in [4.69, 9.17) is 14.5 Å². The molecule has 8 heteroatoms. The van der Waals surface area contributed by atoms with Gasteiger partial charge in [-0.1, -0.05) is 12.1 Å². The number of ether oxygens (including phenoxy) is 2. The standard InChI is InChI=1S/C30H36FN5O2/c1-19-6-3-7-22(27(19)37-2)25-24(31)26-23(15-32-25)28(35-16-20-8-9-21(14-20)17-35)34-29(33-26)38-18-30-10-4-12-36(30)13-5-11-30/h3,6-7,15,20-21H,4-5,8-14,16-18H2,1-2H3. The maximum Gasteiger partial charge on any atom is 0.319 e. The lowest BCUT2D eigenvalue weighted by molar-refractivity contribution is 0.108. The molecule has 0 amide bonds. The summed E-state index contributed by atoms with van der Waals surface area (Å²) in [4.78, 5) is 19.1. The van der Waals surface area contributed by atoms with Crippen molar-refractivity contribution in [3.63, 3.8) is 0 Å². The topological polar surface area (TPSA) is 63.6 Å². The van der Waals surface area contributed by atoms with Crippen LogP contribution in [0.15, 0.2) is 24.4 Å². The summed E-state index contributed by atoms with van der Waals surface area (Å²) in [6.07, 6.45) is 10.2. The molecule has 38 heavy (non-hydrogen) atoms. The Hall–Kier alpha value is -3.00. The van der Waals surface area contributed by atoms with Crippen LogP contribution in [-0.4, -0.2) is 65.3 Å². The fraction of sp³-hybridized carbons (Fsp3) is 0.567. The Labute approximate surface area is 223 Å².